The summed E-state index contributed by atoms with van der Waals surface area (Å²) in [6.07, 6.45) is 1.41. The van der Waals surface area contributed by atoms with Crippen LogP contribution in [0.5, 0.6) is 0 Å². The largest absolute Gasteiger partial charge is 0.353 e. The lowest BCUT2D eigenvalue weighted by Crippen LogP contribution is -2.48. The van der Waals surface area contributed by atoms with Crippen LogP contribution >= 0.6 is 11.8 Å². The van der Waals surface area contributed by atoms with E-state index in [4.69, 9.17) is 0 Å². The lowest BCUT2D eigenvalue weighted by atomic mass is 10.1. The molecule has 7 heteroatoms. The number of carbonyl (C=O) groups excluding carboxylic acids is 2. The number of amides is 3. The highest BCUT2D eigenvalue weighted by atomic mass is 32.2. The molecule has 0 radical (unpaired) electrons. The standard InChI is InChI=1S/C20H22FN3O2S/c21-17-8-4-5-9-18(17)27-14-19(25)22-16-10-12-24(13-11-16)20(26)23-15-6-2-1-3-7-15/h1-9,16H,10-14H2,(H,22,25)(H,23,26). The van der Waals surface area contributed by atoms with Gasteiger partial charge in [-0.05, 0) is 37.1 Å². The van der Waals surface area contributed by atoms with Crippen LogP contribution in [0.2, 0.25) is 0 Å². The Morgan fingerprint density at radius 2 is 1.70 bits per heavy atom. The molecule has 1 aliphatic heterocycles. The molecule has 2 aromatic carbocycles. The quantitative estimate of drug-likeness (QED) is 0.769. The number of nitrogens with one attached hydrogen (secondary N) is 2. The van der Waals surface area contributed by atoms with Gasteiger partial charge in [-0.15, -0.1) is 11.8 Å². The Morgan fingerprint density at radius 1 is 1.04 bits per heavy atom. The minimum absolute atomic E-state index is 0.0412. The van der Waals surface area contributed by atoms with Crippen molar-refractivity contribution in [2.45, 2.75) is 23.8 Å². The monoisotopic (exact) mass is 387 g/mol. The summed E-state index contributed by atoms with van der Waals surface area (Å²) < 4.78 is 13.6. The molecule has 0 atom stereocenters. The van der Waals surface area contributed by atoms with Crippen molar-refractivity contribution in [2.75, 3.05) is 24.2 Å². The number of thioether (sulfide) groups is 1. The number of benzene rings is 2. The number of hydrogen-bond donors (Lipinski definition) is 2. The van der Waals surface area contributed by atoms with Crippen molar-refractivity contribution < 1.29 is 14.0 Å². The van der Waals surface area contributed by atoms with Crippen LogP contribution in [0.25, 0.3) is 0 Å². The number of piperidine rings is 1. The molecule has 27 heavy (non-hydrogen) atoms. The van der Waals surface area contributed by atoms with Crippen molar-refractivity contribution in [2.24, 2.45) is 0 Å². The predicted molar refractivity (Wildman–Crippen MR) is 105 cm³/mol. The van der Waals surface area contributed by atoms with Crippen LogP contribution in [0.1, 0.15) is 12.8 Å². The molecule has 1 heterocycles. The average Bonchev–Trinajstić information content (AvgIpc) is 2.69. The Kier molecular flexibility index (Phi) is 6.70. The number of carbonyl (C=O) groups is 2. The summed E-state index contributed by atoms with van der Waals surface area (Å²) in [6, 6.07) is 15.7. The van der Waals surface area contributed by atoms with E-state index in [0.29, 0.717) is 30.8 Å². The van der Waals surface area contributed by atoms with Crippen LogP contribution in [0.4, 0.5) is 14.9 Å². The molecular formula is C20H22FN3O2S. The zero-order valence-electron chi connectivity index (χ0n) is 14.9. The van der Waals surface area contributed by atoms with Gasteiger partial charge in [-0.1, -0.05) is 30.3 Å². The normalized spacial score (nSPS) is 14.6. The van der Waals surface area contributed by atoms with E-state index in [1.165, 1.54) is 17.8 Å². The third-order valence-corrected chi connectivity index (χ3v) is 5.42. The van der Waals surface area contributed by atoms with E-state index in [-0.39, 0.29) is 29.6 Å². The summed E-state index contributed by atoms with van der Waals surface area (Å²) in [5.41, 5.74) is 0.767. The molecule has 142 valence electrons. The molecule has 0 saturated carbocycles. The molecule has 0 unspecified atom stereocenters. The molecule has 5 nitrogen and oxygen atoms in total. The Bertz CT molecular complexity index is 780. The van der Waals surface area contributed by atoms with Gasteiger partial charge < -0.3 is 15.5 Å². The Balaban J connectivity index is 1.39. The van der Waals surface area contributed by atoms with Gasteiger partial charge in [0.1, 0.15) is 5.82 Å². The minimum atomic E-state index is -0.312. The van der Waals surface area contributed by atoms with Crippen molar-refractivity contribution in [1.29, 1.82) is 0 Å². The number of nitrogens with zero attached hydrogens (tertiary/aromatic N) is 1. The van der Waals surface area contributed by atoms with Gasteiger partial charge in [0.25, 0.3) is 0 Å². The smallest absolute Gasteiger partial charge is 0.321 e. The lowest BCUT2D eigenvalue weighted by Gasteiger charge is -2.32. The third kappa shape index (κ3) is 5.72. The van der Waals surface area contributed by atoms with Gasteiger partial charge in [-0.3, -0.25) is 4.79 Å². The summed E-state index contributed by atoms with van der Waals surface area (Å²) in [5.74, 6) is -0.251. The van der Waals surface area contributed by atoms with E-state index in [9.17, 15) is 14.0 Å². The van der Waals surface area contributed by atoms with Crippen molar-refractivity contribution in [3.05, 3.63) is 60.4 Å². The third-order valence-electron chi connectivity index (χ3n) is 4.37. The fourth-order valence-electron chi connectivity index (χ4n) is 2.93. The van der Waals surface area contributed by atoms with E-state index in [2.05, 4.69) is 10.6 Å². The molecule has 2 N–H and O–H groups in total. The summed E-state index contributed by atoms with van der Waals surface area (Å²) in [6.45, 7) is 1.17. The highest BCUT2D eigenvalue weighted by Crippen LogP contribution is 2.21. The number of halogens is 1. The van der Waals surface area contributed by atoms with Gasteiger partial charge in [0.15, 0.2) is 0 Å². The zero-order chi connectivity index (χ0) is 19.1. The molecule has 0 spiro atoms. The van der Waals surface area contributed by atoms with E-state index in [1.54, 1.807) is 23.1 Å². The number of rotatable bonds is 5. The van der Waals surface area contributed by atoms with Crippen molar-refractivity contribution in [3.8, 4) is 0 Å². The number of hydrogen-bond acceptors (Lipinski definition) is 3. The first kappa shape index (κ1) is 19.2. The maximum atomic E-state index is 13.6. The Morgan fingerprint density at radius 3 is 2.41 bits per heavy atom. The molecule has 0 bridgehead atoms. The van der Waals surface area contributed by atoms with Gasteiger partial charge in [-0.25, -0.2) is 9.18 Å². The SMILES string of the molecule is O=C(CSc1ccccc1F)NC1CCN(C(=O)Nc2ccccc2)CC1. The van der Waals surface area contributed by atoms with Crippen molar-refractivity contribution in [1.82, 2.24) is 10.2 Å². The van der Waals surface area contributed by atoms with Crippen LogP contribution in [0, 0.1) is 5.82 Å². The molecule has 3 rings (SSSR count). The van der Waals surface area contributed by atoms with Gasteiger partial charge >= 0.3 is 6.03 Å². The van der Waals surface area contributed by atoms with E-state index >= 15 is 0 Å². The van der Waals surface area contributed by atoms with E-state index < -0.39 is 0 Å². The molecule has 1 aliphatic rings. The summed E-state index contributed by atoms with van der Waals surface area (Å²) >= 11 is 1.19. The van der Waals surface area contributed by atoms with E-state index in [0.717, 1.165) is 5.69 Å². The van der Waals surface area contributed by atoms with Crippen LogP contribution in [-0.4, -0.2) is 41.7 Å². The molecule has 1 saturated heterocycles. The number of anilines is 1. The first-order valence-electron chi connectivity index (χ1n) is 8.89. The fourth-order valence-corrected chi connectivity index (χ4v) is 3.68. The van der Waals surface area contributed by atoms with Gasteiger partial charge in [0, 0.05) is 29.7 Å². The lowest BCUT2D eigenvalue weighted by molar-refractivity contribution is -0.119. The first-order chi connectivity index (χ1) is 13.1. The van der Waals surface area contributed by atoms with Crippen LogP contribution in [0.3, 0.4) is 0 Å². The topological polar surface area (TPSA) is 61.4 Å². The number of likely N-dealkylation sites (tertiary alicyclic amines) is 1. The fraction of sp³-hybridized carbons (Fsp3) is 0.300. The van der Waals surface area contributed by atoms with Crippen LogP contribution in [-0.2, 0) is 4.79 Å². The van der Waals surface area contributed by atoms with Crippen molar-refractivity contribution in [3.63, 3.8) is 0 Å². The summed E-state index contributed by atoms with van der Waals surface area (Å²) in [7, 11) is 0. The number of para-hydroxylation sites is 1. The molecule has 1 fully saturated rings. The second-order valence-corrected chi connectivity index (χ2v) is 7.36. The van der Waals surface area contributed by atoms with Gasteiger partial charge in [0.2, 0.25) is 5.91 Å². The maximum absolute atomic E-state index is 13.6. The first-order valence-corrected chi connectivity index (χ1v) is 9.88. The number of urea groups is 1. The highest BCUT2D eigenvalue weighted by molar-refractivity contribution is 8.00. The maximum Gasteiger partial charge on any atom is 0.321 e. The predicted octanol–water partition coefficient (Wildman–Crippen LogP) is 3.73. The van der Waals surface area contributed by atoms with Crippen LogP contribution < -0.4 is 10.6 Å². The van der Waals surface area contributed by atoms with Crippen molar-refractivity contribution >= 4 is 29.4 Å². The molecular weight excluding hydrogens is 365 g/mol. The molecule has 2 aromatic rings. The van der Waals surface area contributed by atoms with E-state index in [1.807, 2.05) is 30.3 Å². The Hall–Kier alpha value is -2.54. The average molecular weight is 387 g/mol. The van der Waals surface area contributed by atoms with Crippen LogP contribution in [0.15, 0.2) is 59.5 Å². The minimum Gasteiger partial charge on any atom is -0.353 e. The van der Waals surface area contributed by atoms with Gasteiger partial charge in [0.05, 0.1) is 5.75 Å². The second kappa shape index (κ2) is 9.41. The molecule has 0 aromatic heterocycles. The Labute approximate surface area is 162 Å². The second-order valence-electron chi connectivity index (χ2n) is 6.34. The zero-order valence-corrected chi connectivity index (χ0v) is 15.7. The summed E-state index contributed by atoms with van der Waals surface area (Å²) in [4.78, 5) is 26.6. The van der Waals surface area contributed by atoms with Gasteiger partial charge in [-0.2, -0.15) is 0 Å². The highest BCUT2D eigenvalue weighted by Gasteiger charge is 2.24. The summed E-state index contributed by atoms with van der Waals surface area (Å²) in [5, 5.41) is 5.85. The molecule has 0 aliphatic carbocycles. The molecule has 3 amide bonds.